The molecule has 90 valence electrons. The van der Waals surface area contributed by atoms with Gasteiger partial charge < -0.3 is 10.2 Å². The fourth-order valence-corrected chi connectivity index (χ4v) is 1.94. The Labute approximate surface area is 106 Å². The Morgan fingerprint density at radius 3 is 2.53 bits per heavy atom. The summed E-state index contributed by atoms with van der Waals surface area (Å²) in [6, 6.07) is 4.82. The first kappa shape index (κ1) is 12.3. The second-order valence-corrected chi connectivity index (χ2v) is 4.54. The molecule has 0 fully saturated rings. The van der Waals surface area contributed by atoms with Crippen molar-refractivity contribution in [2.45, 2.75) is 13.0 Å². The zero-order chi connectivity index (χ0) is 12.6. The molecule has 0 saturated carbocycles. The molecule has 0 spiro atoms. The van der Waals surface area contributed by atoms with Crippen LogP contribution in [0.2, 0.25) is 0 Å². The summed E-state index contributed by atoms with van der Waals surface area (Å²) in [7, 11) is 0. The summed E-state index contributed by atoms with van der Waals surface area (Å²) in [4.78, 5) is 0. The van der Waals surface area contributed by atoms with Gasteiger partial charge in [-0.3, -0.25) is 0 Å². The van der Waals surface area contributed by atoms with Gasteiger partial charge in [-0.25, -0.2) is 8.78 Å². The molecule has 0 saturated heterocycles. The first-order valence-corrected chi connectivity index (χ1v) is 5.75. The highest BCUT2D eigenvalue weighted by atomic mass is 79.9. The molecule has 1 aromatic heterocycles. The second-order valence-electron chi connectivity index (χ2n) is 3.68. The van der Waals surface area contributed by atoms with Crippen molar-refractivity contribution in [3.63, 3.8) is 0 Å². The molecule has 2 rings (SSSR count). The predicted octanol–water partition coefficient (Wildman–Crippen LogP) is 3.68. The number of hydrogen-bond donors (Lipinski definition) is 1. The van der Waals surface area contributed by atoms with Crippen molar-refractivity contribution in [2.24, 2.45) is 5.73 Å². The maximum Gasteiger partial charge on any atom is 0.145 e. The van der Waals surface area contributed by atoms with E-state index in [0.717, 1.165) is 6.07 Å². The maximum atomic E-state index is 13.8. The van der Waals surface area contributed by atoms with Crippen LogP contribution < -0.4 is 5.73 Å². The standard InChI is InChI=1S/C12H10BrF2NO/c1-6-2-5-9(17-6)12(16)10-8(14)4-3-7(13)11(10)15/h2-5,12H,16H2,1H3. The molecule has 0 aliphatic rings. The lowest BCUT2D eigenvalue weighted by Crippen LogP contribution is -2.15. The zero-order valence-electron chi connectivity index (χ0n) is 9.01. The Balaban J connectivity index is 2.50. The van der Waals surface area contributed by atoms with Crippen molar-refractivity contribution < 1.29 is 13.2 Å². The lowest BCUT2D eigenvalue weighted by atomic mass is 10.0. The Hall–Kier alpha value is -1.20. The van der Waals surface area contributed by atoms with Gasteiger partial charge in [0.15, 0.2) is 0 Å². The lowest BCUT2D eigenvalue weighted by molar-refractivity contribution is 0.448. The number of aryl methyl sites for hydroxylation is 1. The smallest absolute Gasteiger partial charge is 0.145 e. The van der Waals surface area contributed by atoms with Gasteiger partial charge in [-0.2, -0.15) is 0 Å². The Morgan fingerprint density at radius 2 is 1.94 bits per heavy atom. The third kappa shape index (κ3) is 2.25. The minimum Gasteiger partial charge on any atom is -0.464 e. The van der Waals surface area contributed by atoms with E-state index in [1.807, 2.05) is 0 Å². The topological polar surface area (TPSA) is 39.2 Å². The average molecular weight is 302 g/mol. The zero-order valence-corrected chi connectivity index (χ0v) is 10.6. The quantitative estimate of drug-likeness (QED) is 0.860. The van der Waals surface area contributed by atoms with Crippen LogP contribution in [0.3, 0.4) is 0 Å². The maximum absolute atomic E-state index is 13.8. The third-order valence-electron chi connectivity index (χ3n) is 2.46. The second kappa shape index (κ2) is 4.58. The fraction of sp³-hybridized carbons (Fsp3) is 0.167. The summed E-state index contributed by atoms with van der Waals surface area (Å²) in [6.07, 6.45) is 0. The fourth-order valence-electron chi connectivity index (χ4n) is 1.59. The molecule has 1 heterocycles. The van der Waals surface area contributed by atoms with Crippen LogP contribution in [0.15, 0.2) is 33.2 Å². The van der Waals surface area contributed by atoms with Crippen LogP contribution in [0, 0.1) is 18.6 Å². The number of benzene rings is 1. The Morgan fingerprint density at radius 1 is 1.24 bits per heavy atom. The summed E-state index contributed by atoms with van der Waals surface area (Å²) in [6.45, 7) is 1.74. The number of furan rings is 1. The van der Waals surface area contributed by atoms with Crippen LogP contribution in [0.5, 0.6) is 0 Å². The van der Waals surface area contributed by atoms with Gasteiger partial charge in [-0.1, -0.05) is 0 Å². The molecule has 5 heteroatoms. The van der Waals surface area contributed by atoms with Crippen molar-refractivity contribution in [1.82, 2.24) is 0 Å². The molecule has 0 aliphatic carbocycles. The van der Waals surface area contributed by atoms with Gasteiger partial charge in [0.1, 0.15) is 23.2 Å². The van der Waals surface area contributed by atoms with Crippen LogP contribution in [0.25, 0.3) is 0 Å². The predicted molar refractivity (Wildman–Crippen MR) is 63.5 cm³/mol. The summed E-state index contributed by atoms with van der Waals surface area (Å²) >= 11 is 3.00. The van der Waals surface area contributed by atoms with E-state index in [4.69, 9.17) is 10.2 Å². The van der Waals surface area contributed by atoms with Gasteiger partial charge in [-0.05, 0) is 47.1 Å². The highest BCUT2D eigenvalue weighted by Gasteiger charge is 2.22. The van der Waals surface area contributed by atoms with E-state index in [2.05, 4.69) is 15.9 Å². The van der Waals surface area contributed by atoms with Crippen molar-refractivity contribution in [2.75, 3.05) is 0 Å². The van der Waals surface area contributed by atoms with E-state index in [0.29, 0.717) is 11.5 Å². The summed E-state index contributed by atoms with van der Waals surface area (Å²) in [5, 5.41) is 0. The Kier molecular flexibility index (Phi) is 3.31. The average Bonchev–Trinajstić information content (AvgIpc) is 2.71. The highest BCUT2D eigenvalue weighted by Crippen LogP contribution is 2.29. The van der Waals surface area contributed by atoms with Crippen molar-refractivity contribution >= 4 is 15.9 Å². The molecule has 2 nitrogen and oxygen atoms in total. The molecule has 17 heavy (non-hydrogen) atoms. The van der Waals surface area contributed by atoms with E-state index in [9.17, 15) is 8.78 Å². The van der Waals surface area contributed by atoms with E-state index >= 15 is 0 Å². The molecule has 1 atom stereocenters. The number of nitrogens with two attached hydrogens (primary N) is 1. The molecule has 0 radical (unpaired) electrons. The highest BCUT2D eigenvalue weighted by molar-refractivity contribution is 9.10. The molecular formula is C12H10BrF2NO. The van der Waals surface area contributed by atoms with E-state index in [1.165, 1.54) is 6.07 Å². The van der Waals surface area contributed by atoms with Crippen LogP contribution in [0.4, 0.5) is 8.78 Å². The number of rotatable bonds is 2. The first-order chi connectivity index (χ1) is 8.00. The van der Waals surface area contributed by atoms with Crippen molar-refractivity contribution in [3.8, 4) is 0 Å². The van der Waals surface area contributed by atoms with E-state index in [-0.39, 0.29) is 10.0 Å². The van der Waals surface area contributed by atoms with Gasteiger partial charge in [0.05, 0.1) is 10.5 Å². The normalized spacial score (nSPS) is 12.8. The van der Waals surface area contributed by atoms with Gasteiger partial charge >= 0.3 is 0 Å². The number of hydrogen-bond acceptors (Lipinski definition) is 2. The van der Waals surface area contributed by atoms with Gasteiger partial charge in [0, 0.05) is 5.56 Å². The van der Waals surface area contributed by atoms with Crippen LogP contribution in [-0.2, 0) is 0 Å². The SMILES string of the molecule is Cc1ccc(C(N)c2c(F)ccc(Br)c2F)o1. The molecule has 1 unspecified atom stereocenters. The molecular weight excluding hydrogens is 292 g/mol. The van der Waals surface area contributed by atoms with Gasteiger partial charge in [0.25, 0.3) is 0 Å². The minimum absolute atomic E-state index is 0.174. The monoisotopic (exact) mass is 301 g/mol. The van der Waals surface area contributed by atoms with Crippen molar-refractivity contribution in [1.29, 1.82) is 0 Å². The summed E-state index contributed by atoms with van der Waals surface area (Å²) in [5.41, 5.74) is 5.61. The van der Waals surface area contributed by atoms with Crippen LogP contribution >= 0.6 is 15.9 Å². The van der Waals surface area contributed by atoms with E-state index < -0.39 is 17.7 Å². The molecule has 0 aliphatic heterocycles. The van der Waals surface area contributed by atoms with Crippen LogP contribution in [-0.4, -0.2) is 0 Å². The van der Waals surface area contributed by atoms with E-state index in [1.54, 1.807) is 19.1 Å². The summed E-state index contributed by atoms with van der Waals surface area (Å²) < 4.78 is 32.8. The van der Waals surface area contributed by atoms with Crippen LogP contribution in [0.1, 0.15) is 23.1 Å². The minimum atomic E-state index is -0.957. The molecule has 1 aromatic carbocycles. The number of halogens is 3. The molecule has 2 N–H and O–H groups in total. The Bertz CT molecular complexity index is 553. The van der Waals surface area contributed by atoms with Gasteiger partial charge in [-0.15, -0.1) is 0 Å². The molecule has 0 bridgehead atoms. The van der Waals surface area contributed by atoms with Gasteiger partial charge in [0.2, 0.25) is 0 Å². The summed E-state index contributed by atoms with van der Waals surface area (Å²) in [5.74, 6) is -0.413. The van der Waals surface area contributed by atoms with Crippen molar-refractivity contribution in [3.05, 3.63) is 57.5 Å². The molecule has 2 aromatic rings. The largest absolute Gasteiger partial charge is 0.464 e. The lowest BCUT2D eigenvalue weighted by Gasteiger charge is -2.12. The third-order valence-corrected chi connectivity index (χ3v) is 3.07. The molecule has 0 amide bonds. The first-order valence-electron chi connectivity index (χ1n) is 4.96.